The maximum Gasteiger partial charge on any atom is 0.123 e. The summed E-state index contributed by atoms with van der Waals surface area (Å²) in [5.74, 6) is 0.942. The van der Waals surface area contributed by atoms with Gasteiger partial charge in [-0.2, -0.15) is 0 Å². The largest absolute Gasteiger partial charge is 0.496 e. The van der Waals surface area contributed by atoms with Crippen LogP contribution >= 0.6 is 0 Å². The molecule has 1 atom stereocenters. The summed E-state index contributed by atoms with van der Waals surface area (Å²) < 4.78 is 10.6. The summed E-state index contributed by atoms with van der Waals surface area (Å²) in [5.41, 5.74) is 2.47. The summed E-state index contributed by atoms with van der Waals surface area (Å²) in [5, 5.41) is 3.48. The molecule has 0 bridgehead atoms. The number of hydrogen-bond donors (Lipinski definition) is 1. The summed E-state index contributed by atoms with van der Waals surface area (Å²) in [6, 6.07) is 6.57. The summed E-state index contributed by atoms with van der Waals surface area (Å²) in [6.07, 6.45) is 0.949. The van der Waals surface area contributed by atoms with Crippen molar-refractivity contribution in [2.75, 3.05) is 27.4 Å². The van der Waals surface area contributed by atoms with Gasteiger partial charge in [-0.25, -0.2) is 0 Å². The predicted molar refractivity (Wildman–Crippen MR) is 70.6 cm³/mol. The van der Waals surface area contributed by atoms with Crippen molar-refractivity contribution in [3.8, 4) is 5.75 Å². The number of methoxy groups -OCH3 is 2. The Labute approximate surface area is 104 Å². The van der Waals surface area contributed by atoms with E-state index in [1.807, 2.05) is 6.07 Å². The van der Waals surface area contributed by atoms with E-state index in [4.69, 9.17) is 9.47 Å². The molecule has 0 heterocycles. The Kier molecular flexibility index (Phi) is 6.01. The number of nitrogens with one attached hydrogen (secondary N) is 1. The first-order chi connectivity index (χ1) is 8.22. The average Bonchev–Trinajstić information content (AvgIpc) is 2.34. The smallest absolute Gasteiger partial charge is 0.123 e. The molecule has 1 N–H and O–H groups in total. The quantitative estimate of drug-likeness (QED) is 0.791. The summed E-state index contributed by atoms with van der Waals surface area (Å²) in [6.45, 7) is 5.89. The van der Waals surface area contributed by atoms with Crippen LogP contribution < -0.4 is 10.1 Å². The Morgan fingerprint density at radius 1 is 1.29 bits per heavy atom. The van der Waals surface area contributed by atoms with Crippen LogP contribution in [0, 0.1) is 6.92 Å². The van der Waals surface area contributed by atoms with Gasteiger partial charge in [-0.05, 0) is 26.0 Å². The molecule has 96 valence electrons. The second-order valence-corrected chi connectivity index (χ2v) is 4.14. The zero-order valence-electron chi connectivity index (χ0n) is 11.2. The van der Waals surface area contributed by atoms with Crippen LogP contribution in [-0.2, 0) is 4.74 Å². The lowest BCUT2D eigenvalue weighted by Crippen LogP contribution is -2.22. The van der Waals surface area contributed by atoms with Crippen molar-refractivity contribution in [1.82, 2.24) is 5.32 Å². The monoisotopic (exact) mass is 237 g/mol. The van der Waals surface area contributed by atoms with E-state index in [0.717, 1.165) is 25.3 Å². The maximum atomic E-state index is 5.43. The first-order valence-electron chi connectivity index (χ1n) is 6.09. The molecule has 17 heavy (non-hydrogen) atoms. The van der Waals surface area contributed by atoms with Crippen LogP contribution in [0.25, 0.3) is 0 Å². The second-order valence-electron chi connectivity index (χ2n) is 4.14. The molecular weight excluding hydrogens is 214 g/mol. The van der Waals surface area contributed by atoms with Crippen LogP contribution in [0.1, 0.15) is 30.5 Å². The van der Waals surface area contributed by atoms with E-state index in [-0.39, 0.29) is 6.04 Å². The zero-order valence-corrected chi connectivity index (χ0v) is 11.2. The van der Waals surface area contributed by atoms with Crippen molar-refractivity contribution >= 4 is 0 Å². The number of benzene rings is 1. The van der Waals surface area contributed by atoms with E-state index in [9.17, 15) is 0 Å². The van der Waals surface area contributed by atoms with Crippen LogP contribution in [0.2, 0.25) is 0 Å². The van der Waals surface area contributed by atoms with Gasteiger partial charge in [0, 0.05) is 25.3 Å². The van der Waals surface area contributed by atoms with Gasteiger partial charge in [0.1, 0.15) is 5.75 Å². The van der Waals surface area contributed by atoms with Gasteiger partial charge in [-0.15, -0.1) is 0 Å². The maximum absolute atomic E-state index is 5.43. The normalized spacial score (nSPS) is 12.5. The third-order valence-corrected chi connectivity index (χ3v) is 2.82. The topological polar surface area (TPSA) is 30.5 Å². The van der Waals surface area contributed by atoms with E-state index in [2.05, 4.69) is 31.3 Å². The molecule has 1 aromatic rings. The highest BCUT2D eigenvalue weighted by Crippen LogP contribution is 2.28. The standard InChI is InChI=1S/C14H23NO2/c1-5-15-13(8-9-16-3)12-10-11(2)6-7-14(12)17-4/h6-7,10,13,15H,5,8-9H2,1-4H3. The Bertz CT molecular complexity index is 339. The minimum absolute atomic E-state index is 0.287. The molecule has 3 heteroatoms. The van der Waals surface area contributed by atoms with E-state index in [0.29, 0.717) is 0 Å². The molecule has 1 unspecified atom stereocenters. The molecule has 0 aliphatic rings. The molecule has 0 aliphatic carbocycles. The van der Waals surface area contributed by atoms with E-state index < -0.39 is 0 Å². The lowest BCUT2D eigenvalue weighted by atomic mass is 10.0. The van der Waals surface area contributed by atoms with Crippen molar-refractivity contribution in [3.05, 3.63) is 29.3 Å². The molecule has 0 aliphatic heterocycles. The highest BCUT2D eigenvalue weighted by atomic mass is 16.5. The van der Waals surface area contributed by atoms with Gasteiger partial charge in [0.25, 0.3) is 0 Å². The van der Waals surface area contributed by atoms with E-state index >= 15 is 0 Å². The minimum atomic E-state index is 0.287. The molecule has 0 aromatic heterocycles. The highest BCUT2D eigenvalue weighted by molar-refractivity contribution is 5.39. The number of rotatable bonds is 7. The number of aryl methyl sites for hydroxylation is 1. The van der Waals surface area contributed by atoms with Crippen LogP contribution in [-0.4, -0.2) is 27.4 Å². The SMILES string of the molecule is CCNC(CCOC)c1cc(C)ccc1OC. The fourth-order valence-corrected chi connectivity index (χ4v) is 1.98. The first kappa shape index (κ1) is 14.0. The Hall–Kier alpha value is -1.06. The molecule has 0 spiro atoms. The minimum Gasteiger partial charge on any atom is -0.496 e. The molecule has 1 rings (SSSR count). The summed E-state index contributed by atoms with van der Waals surface area (Å²) in [4.78, 5) is 0. The second kappa shape index (κ2) is 7.30. The van der Waals surface area contributed by atoms with Gasteiger partial charge in [0.05, 0.1) is 7.11 Å². The van der Waals surface area contributed by atoms with Crippen molar-refractivity contribution in [2.24, 2.45) is 0 Å². The first-order valence-corrected chi connectivity index (χ1v) is 6.09. The number of hydrogen-bond acceptors (Lipinski definition) is 3. The number of ether oxygens (including phenoxy) is 2. The van der Waals surface area contributed by atoms with Crippen LogP contribution in [0.5, 0.6) is 5.75 Å². The van der Waals surface area contributed by atoms with Crippen LogP contribution in [0.4, 0.5) is 0 Å². The highest BCUT2D eigenvalue weighted by Gasteiger charge is 2.15. The fourth-order valence-electron chi connectivity index (χ4n) is 1.98. The summed E-state index contributed by atoms with van der Waals surface area (Å²) >= 11 is 0. The third-order valence-electron chi connectivity index (χ3n) is 2.82. The van der Waals surface area contributed by atoms with Crippen molar-refractivity contribution in [3.63, 3.8) is 0 Å². The third kappa shape index (κ3) is 4.02. The van der Waals surface area contributed by atoms with E-state index in [1.165, 1.54) is 11.1 Å². The molecular formula is C14H23NO2. The van der Waals surface area contributed by atoms with Gasteiger partial charge < -0.3 is 14.8 Å². The van der Waals surface area contributed by atoms with Gasteiger partial charge in [0.15, 0.2) is 0 Å². The van der Waals surface area contributed by atoms with Gasteiger partial charge in [-0.3, -0.25) is 0 Å². The van der Waals surface area contributed by atoms with Gasteiger partial charge in [-0.1, -0.05) is 24.6 Å². The molecule has 0 saturated heterocycles. The van der Waals surface area contributed by atoms with Crippen molar-refractivity contribution in [1.29, 1.82) is 0 Å². The van der Waals surface area contributed by atoms with Crippen molar-refractivity contribution < 1.29 is 9.47 Å². The fraction of sp³-hybridized carbons (Fsp3) is 0.571. The lowest BCUT2D eigenvalue weighted by molar-refractivity contribution is 0.182. The van der Waals surface area contributed by atoms with Crippen LogP contribution in [0.15, 0.2) is 18.2 Å². The summed E-state index contributed by atoms with van der Waals surface area (Å²) in [7, 11) is 3.45. The molecule has 0 amide bonds. The Morgan fingerprint density at radius 3 is 2.65 bits per heavy atom. The Morgan fingerprint density at radius 2 is 2.06 bits per heavy atom. The van der Waals surface area contributed by atoms with Gasteiger partial charge >= 0.3 is 0 Å². The average molecular weight is 237 g/mol. The zero-order chi connectivity index (χ0) is 12.7. The predicted octanol–water partition coefficient (Wildman–Crippen LogP) is 2.69. The molecule has 0 saturated carbocycles. The van der Waals surface area contributed by atoms with E-state index in [1.54, 1.807) is 14.2 Å². The van der Waals surface area contributed by atoms with Crippen molar-refractivity contribution in [2.45, 2.75) is 26.3 Å². The Balaban J connectivity index is 2.93. The van der Waals surface area contributed by atoms with Gasteiger partial charge in [0.2, 0.25) is 0 Å². The molecule has 0 radical (unpaired) electrons. The molecule has 1 aromatic carbocycles. The van der Waals surface area contributed by atoms with Crippen LogP contribution in [0.3, 0.4) is 0 Å². The lowest BCUT2D eigenvalue weighted by Gasteiger charge is -2.21. The molecule has 3 nitrogen and oxygen atoms in total. The molecule has 0 fully saturated rings.